The zero-order valence-corrected chi connectivity index (χ0v) is 15.2. The molecule has 3 N–H and O–H groups in total. The zero-order chi connectivity index (χ0) is 22.1. The van der Waals surface area contributed by atoms with Crippen LogP contribution in [0.2, 0.25) is 0 Å². The lowest BCUT2D eigenvalue weighted by Gasteiger charge is -2.18. The van der Waals surface area contributed by atoms with Gasteiger partial charge in [-0.3, -0.25) is 4.79 Å². The van der Waals surface area contributed by atoms with Crippen molar-refractivity contribution in [3.8, 4) is 0 Å². The van der Waals surface area contributed by atoms with Crippen molar-refractivity contribution in [2.45, 2.75) is 17.1 Å². The Bertz CT molecular complexity index is 1040. The highest BCUT2D eigenvalue weighted by Gasteiger charge is 2.43. The number of carbonyl (C=O) groups is 1. The van der Waals surface area contributed by atoms with Gasteiger partial charge >= 0.3 is 6.18 Å². The van der Waals surface area contributed by atoms with Crippen LogP contribution in [-0.4, -0.2) is 42.8 Å². The summed E-state index contributed by atoms with van der Waals surface area (Å²) >= 11 is 0. The molecule has 0 aliphatic heterocycles. The highest BCUT2D eigenvalue weighted by Crippen LogP contribution is 2.25. The van der Waals surface area contributed by atoms with Gasteiger partial charge in [0.15, 0.2) is 17.5 Å². The molecule has 2 aromatic rings. The molecule has 1 aromatic heterocycles. The number of alkyl halides is 3. The van der Waals surface area contributed by atoms with Crippen molar-refractivity contribution in [1.29, 1.82) is 0 Å². The van der Waals surface area contributed by atoms with Crippen molar-refractivity contribution in [3.63, 3.8) is 0 Å². The van der Waals surface area contributed by atoms with Crippen molar-refractivity contribution < 1.29 is 44.7 Å². The number of anilines is 1. The van der Waals surface area contributed by atoms with Crippen LogP contribution in [0.25, 0.3) is 0 Å². The Hall–Kier alpha value is -2.58. The number of nitrogens with one attached hydrogen (secondary N) is 2. The van der Waals surface area contributed by atoms with Crippen LogP contribution in [0.1, 0.15) is 10.5 Å². The molecule has 0 saturated carbocycles. The number of sulfonamides is 1. The largest absolute Gasteiger partial charge is 0.407 e. The number of amides is 1. The fourth-order valence-electron chi connectivity index (χ4n) is 2.24. The van der Waals surface area contributed by atoms with Gasteiger partial charge in [-0.05, 0) is 12.1 Å². The molecule has 0 aliphatic rings. The SMILES string of the molecule is Cn1cc(S(=O)(=O)N[C@@H](CO)C(F)(F)F)c(F)c1C(=O)Nc1ccc(F)c(F)c1. The van der Waals surface area contributed by atoms with Crippen LogP contribution in [0.4, 0.5) is 32.0 Å². The third-order valence-electron chi connectivity index (χ3n) is 3.65. The van der Waals surface area contributed by atoms with Gasteiger partial charge in [-0.1, -0.05) is 0 Å². The zero-order valence-electron chi connectivity index (χ0n) is 14.4. The van der Waals surface area contributed by atoms with Gasteiger partial charge in [0.05, 0.1) is 6.61 Å². The van der Waals surface area contributed by atoms with Crippen LogP contribution in [0.15, 0.2) is 29.3 Å². The van der Waals surface area contributed by atoms with Crippen LogP contribution >= 0.6 is 0 Å². The van der Waals surface area contributed by atoms with Crippen LogP contribution < -0.4 is 10.0 Å². The predicted molar refractivity (Wildman–Crippen MR) is 86.9 cm³/mol. The number of hydrogen-bond acceptors (Lipinski definition) is 4. The van der Waals surface area contributed by atoms with Crippen LogP contribution in [0.5, 0.6) is 0 Å². The molecule has 0 radical (unpaired) electrons. The average molecular weight is 445 g/mol. The molecule has 0 aliphatic carbocycles. The number of hydrogen-bond donors (Lipinski definition) is 3. The van der Waals surface area contributed by atoms with E-state index >= 15 is 0 Å². The van der Waals surface area contributed by atoms with E-state index in [1.54, 1.807) is 0 Å². The fraction of sp³-hybridized carbons (Fsp3) is 0.267. The van der Waals surface area contributed by atoms with E-state index in [2.05, 4.69) is 0 Å². The number of rotatable bonds is 6. The molecule has 14 heteroatoms. The molecule has 1 atom stereocenters. The van der Waals surface area contributed by atoms with Gasteiger partial charge in [0.25, 0.3) is 5.91 Å². The van der Waals surface area contributed by atoms with E-state index in [9.17, 15) is 39.6 Å². The van der Waals surface area contributed by atoms with E-state index < -0.39 is 62.8 Å². The number of benzene rings is 1. The first-order valence-corrected chi connectivity index (χ1v) is 9.07. The number of nitrogens with zero attached hydrogens (tertiary/aromatic N) is 1. The number of carbonyl (C=O) groups excluding carboxylic acids is 1. The fourth-order valence-corrected chi connectivity index (χ4v) is 3.58. The van der Waals surface area contributed by atoms with E-state index in [0.717, 1.165) is 17.8 Å². The minimum Gasteiger partial charge on any atom is -0.394 e. The number of aromatic nitrogens is 1. The molecular weight excluding hydrogens is 432 g/mol. The monoisotopic (exact) mass is 445 g/mol. The van der Waals surface area contributed by atoms with Crippen LogP contribution in [0.3, 0.4) is 0 Å². The summed E-state index contributed by atoms with van der Waals surface area (Å²) in [5.41, 5.74) is -1.18. The summed E-state index contributed by atoms with van der Waals surface area (Å²) in [5.74, 6) is -5.48. The van der Waals surface area contributed by atoms with Crippen molar-refractivity contribution in [3.05, 3.63) is 47.5 Å². The summed E-state index contributed by atoms with van der Waals surface area (Å²) in [6.07, 6.45) is -4.61. The summed E-state index contributed by atoms with van der Waals surface area (Å²) in [6.45, 7) is -1.64. The van der Waals surface area contributed by atoms with E-state index in [0.29, 0.717) is 22.9 Å². The molecule has 1 aromatic carbocycles. The maximum absolute atomic E-state index is 14.6. The van der Waals surface area contributed by atoms with Crippen LogP contribution in [-0.2, 0) is 17.1 Å². The molecule has 7 nitrogen and oxygen atoms in total. The first-order valence-electron chi connectivity index (χ1n) is 7.59. The molecule has 0 saturated heterocycles. The molecule has 0 spiro atoms. The quantitative estimate of drug-likeness (QED) is 0.592. The normalized spacial score (nSPS) is 13.4. The second kappa shape index (κ2) is 8.04. The Labute approximate surface area is 160 Å². The second-order valence-corrected chi connectivity index (χ2v) is 7.43. The molecule has 1 amide bonds. The molecule has 2 rings (SSSR count). The second-order valence-electron chi connectivity index (χ2n) is 5.75. The summed E-state index contributed by atoms with van der Waals surface area (Å²) in [7, 11) is -4.08. The summed E-state index contributed by atoms with van der Waals surface area (Å²) in [6, 6.07) is -0.682. The van der Waals surface area contributed by atoms with Gasteiger partial charge in [0.2, 0.25) is 10.0 Å². The standard InChI is InChI=1S/C15H13F6N3O4S/c1-24-5-10(29(27,28)23-11(6-25)15(19,20)21)12(18)13(24)14(26)22-7-2-3-8(16)9(17)4-7/h2-5,11,23,25H,6H2,1H3,(H,22,26)/t11-/m0/s1. The molecule has 1 heterocycles. The third-order valence-corrected chi connectivity index (χ3v) is 5.10. The smallest absolute Gasteiger partial charge is 0.394 e. The average Bonchev–Trinajstić information content (AvgIpc) is 2.90. The van der Waals surface area contributed by atoms with Gasteiger partial charge in [-0.25, -0.2) is 21.6 Å². The Balaban J connectivity index is 2.36. The number of aliphatic hydroxyl groups is 1. The first-order chi connectivity index (χ1) is 13.3. The Morgan fingerprint density at radius 3 is 2.34 bits per heavy atom. The van der Waals surface area contributed by atoms with Gasteiger partial charge in [0.1, 0.15) is 16.6 Å². The molecule has 0 bridgehead atoms. The van der Waals surface area contributed by atoms with Crippen LogP contribution in [0, 0.1) is 17.5 Å². The predicted octanol–water partition coefficient (Wildman–Crippen LogP) is 1.90. The number of halogens is 6. The topological polar surface area (TPSA) is 100 Å². The maximum Gasteiger partial charge on any atom is 0.407 e. The highest BCUT2D eigenvalue weighted by atomic mass is 32.2. The third kappa shape index (κ3) is 4.89. The van der Waals surface area contributed by atoms with E-state index in [4.69, 9.17) is 5.11 Å². The molecule has 0 fully saturated rings. The van der Waals surface area contributed by atoms with Crippen molar-refractivity contribution in [1.82, 2.24) is 9.29 Å². The van der Waals surface area contributed by atoms with E-state index in [-0.39, 0.29) is 5.69 Å². The molecule has 29 heavy (non-hydrogen) atoms. The Morgan fingerprint density at radius 1 is 1.21 bits per heavy atom. The van der Waals surface area contributed by atoms with Crippen molar-refractivity contribution in [2.75, 3.05) is 11.9 Å². The summed E-state index contributed by atoms with van der Waals surface area (Å²) in [4.78, 5) is 10.9. The number of aliphatic hydroxyl groups excluding tert-OH is 1. The Morgan fingerprint density at radius 2 is 1.83 bits per heavy atom. The molecule has 0 unspecified atom stereocenters. The summed E-state index contributed by atoms with van der Waals surface area (Å²) in [5, 5.41) is 10.7. The van der Waals surface area contributed by atoms with Gasteiger partial charge in [-0.2, -0.15) is 17.9 Å². The van der Waals surface area contributed by atoms with Crippen molar-refractivity contribution in [2.24, 2.45) is 7.05 Å². The lowest BCUT2D eigenvalue weighted by molar-refractivity contribution is -0.158. The van der Waals surface area contributed by atoms with Gasteiger partial charge in [0, 0.05) is 25.0 Å². The molecular formula is C15H13F6N3O4S. The minimum absolute atomic E-state index is 0.283. The minimum atomic E-state index is -5.15. The van der Waals surface area contributed by atoms with Gasteiger partial charge < -0.3 is 15.0 Å². The van der Waals surface area contributed by atoms with Crippen molar-refractivity contribution >= 4 is 21.6 Å². The lowest BCUT2D eigenvalue weighted by atomic mass is 10.3. The maximum atomic E-state index is 14.6. The first kappa shape index (κ1) is 22.7. The molecule has 160 valence electrons. The lowest BCUT2D eigenvalue weighted by Crippen LogP contribution is -2.47. The Kier molecular flexibility index (Phi) is 6.30. The van der Waals surface area contributed by atoms with Gasteiger partial charge in [-0.15, -0.1) is 0 Å². The van der Waals surface area contributed by atoms with E-state index in [1.165, 1.54) is 0 Å². The van der Waals surface area contributed by atoms with E-state index in [1.807, 2.05) is 5.32 Å². The summed E-state index contributed by atoms with van der Waals surface area (Å²) < 4.78 is 105. The highest BCUT2D eigenvalue weighted by molar-refractivity contribution is 7.89. The number of aryl methyl sites for hydroxylation is 1.